The highest BCUT2D eigenvalue weighted by atomic mass is 79.9. The zero-order valence-corrected chi connectivity index (χ0v) is 68.3. The largest absolute Gasteiger partial charge is 0.480 e. The summed E-state index contributed by atoms with van der Waals surface area (Å²) < 4.78 is 16.0. The van der Waals surface area contributed by atoms with Crippen LogP contribution in [0.25, 0.3) is 33.1 Å². The first-order valence-corrected chi connectivity index (χ1v) is 37.8. The van der Waals surface area contributed by atoms with Gasteiger partial charge < -0.3 is 51.3 Å². The molecule has 6 aromatic carbocycles. The molecular formula is C76H86Br4FN15O12. The molecule has 32 heteroatoms. The molecule has 10 aromatic rings. The summed E-state index contributed by atoms with van der Waals surface area (Å²) in [5.41, 5.74) is 16.9. The monoisotopic (exact) mass is 1740 g/mol. The number of aliphatic hydroxyl groups is 1. The summed E-state index contributed by atoms with van der Waals surface area (Å²) in [4.78, 5) is 121. The van der Waals surface area contributed by atoms with E-state index in [1.807, 2.05) is 104 Å². The third kappa shape index (κ3) is 20.7. The molecule has 4 aromatic heterocycles. The lowest BCUT2D eigenvalue weighted by atomic mass is 10.1. The number of amides is 2. The summed E-state index contributed by atoms with van der Waals surface area (Å²) in [7, 11) is 1.61. The van der Waals surface area contributed by atoms with Crippen molar-refractivity contribution in [1.29, 1.82) is 0 Å². The number of piperazine rings is 1. The number of aromatic nitrogens is 7. The van der Waals surface area contributed by atoms with Crippen LogP contribution in [-0.4, -0.2) is 123 Å². The fourth-order valence-electron chi connectivity index (χ4n) is 11.8. The van der Waals surface area contributed by atoms with E-state index in [2.05, 4.69) is 143 Å². The van der Waals surface area contributed by atoms with Crippen molar-refractivity contribution in [2.24, 2.45) is 0 Å². The zero-order chi connectivity index (χ0) is 79.7. The molecule has 2 atom stereocenters. The summed E-state index contributed by atoms with van der Waals surface area (Å²) in [6.07, 6.45) is 3.02. The highest BCUT2D eigenvalue weighted by molar-refractivity contribution is 9.11. The van der Waals surface area contributed by atoms with Gasteiger partial charge in [0, 0.05) is 68.8 Å². The smallest absolute Gasteiger partial charge is 0.326 e. The van der Waals surface area contributed by atoms with Crippen LogP contribution in [0, 0.1) is 74.5 Å². The van der Waals surface area contributed by atoms with Crippen molar-refractivity contribution in [3.8, 4) is 0 Å². The number of nitro groups is 2. The molecule has 1 saturated heterocycles. The van der Waals surface area contributed by atoms with Crippen LogP contribution in [0.5, 0.6) is 0 Å². The van der Waals surface area contributed by atoms with Crippen molar-refractivity contribution in [1.82, 2.24) is 45.1 Å². The van der Waals surface area contributed by atoms with Gasteiger partial charge in [-0.25, -0.2) is 24.7 Å². The minimum atomic E-state index is -1.03. The van der Waals surface area contributed by atoms with Gasteiger partial charge in [-0.2, -0.15) is 4.39 Å². The number of H-pyrrole nitrogens is 3. The van der Waals surface area contributed by atoms with E-state index in [9.17, 15) is 53.4 Å². The molecule has 2 aliphatic rings. The van der Waals surface area contributed by atoms with Crippen molar-refractivity contribution in [2.75, 3.05) is 54.1 Å². The molecule has 0 radical (unpaired) electrons. The van der Waals surface area contributed by atoms with E-state index in [1.54, 1.807) is 33.0 Å². The fraction of sp³-hybridized carbons (Fsp3) is 0.342. The Morgan fingerprint density at radius 3 is 1.54 bits per heavy atom. The average Bonchev–Trinajstić information content (AvgIpc) is 0.805. The van der Waals surface area contributed by atoms with Gasteiger partial charge in [-0.1, -0.05) is 110 Å². The van der Waals surface area contributed by atoms with Gasteiger partial charge in [0.05, 0.1) is 72.3 Å². The Labute approximate surface area is 655 Å². The minimum Gasteiger partial charge on any atom is -0.480 e. The molecule has 27 nitrogen and oxygen atoms in total. The topological polar surface area (TPSA) is 383 Å². The summed E-state index contributed by atoms with van der Waals surface area (Å²) >= 11 is 13.2. The number of nitro benzene ring substituents is 2. The Balaban J connectivity index is 0.000000187. The lowest BCUT2D eigenvalue weighted by Crippen LogP contribution is -2.46. The van der Waals surface area contributed by atoms with Gasteiger partial charge in [0.2, 0.25) is 11.7 Å². The van der Waals surface area contributed by atoms with Gasteiger partial charge in [-0.05, 0) is 187 Å². The van der Waals surface area contributed by atoms with E-state index in [4.69, 9.17) is 10.2 Å². The second kappa shape index (κ2) is 38.9. The van der Waals surface area contributed by atoms with Gasteiger partial charge in [0.1, 0.15) is 40.5 Å². The third-order valence-corrected chi connectivity index (χ3v) is 21.8. The number of anilines is 4. The van der Waals surface area contributed by atoms with Crippen LogP contribution in [0.1, 0.15) is 125 Å². The maximum absolute atomic E-state index is 12.8. The zero-order valence-electron chi connectivity index (χ0n) is 62.0. The van der Waals surface area contributed by atoms with Crippen molar-refractivity contribution in [3.63, 3.8) is 0 Å². The van der Waals surface area contributed by atoms with E-state index in [1.165, 1.54) is 24.6 Å². The van der Waals surface area contributed by atoms with Crippen molar-refractivity contribution >= 4 is 149 Å². The number of nitrogens with one attached hydrogen (secondary N) is 7. The average molecular weight is 1740 g/mol. The van der Waals surface area contributed by atoms with Crippen LogP contribution in [0.15, 0.2) is 117 Å². The molecule has 2 aliphatic heterocycles. The fourth-order valence-corrected chi connectivity index (χ4v) is 13.1. The van der Waals surface area contributed by atoms with Crippen molar-refractivity contribution in [2.45, 2.75) is 140 Å². The maximum atomic E-state index is 12.8. The predicted molar refractivity (Wildman–Crippen MR) is 434 cm³/mol. The molecule has 9 N–H and O–H groups in total. The summed E-state index contributed by atoms with van der Waals surface area (Å²) in [5.74, 6) is -1.96. The standard InChI is InChI=1S/C24H30N6O2.C12H14N2O2.C11H13BrN2O4.C11H13BrN2O.C11H11BrN2O.C7H5BrFNO2/c1-5-18-24(32)28-22-15(2)17(6-7-19(22)27-18)14-29-10-12-30(13-11-29)21-9-8-20(23(31)25-4)26-16(21)3;1-3-9-12(16)14-11-7(2)8(6-15)4-5-10(11)13-9;1-3-8(11(15)16)13-9-5-4-7(12)6(2)10(9)14(17)18;2*1-3-8-11(15)14-10-6(2)7(12)4-5-9(10)13-8;1-4-5(8)2-3-6(9)7(4)10(11)12/h6-9H,5,10-14H2,1-4H3,(H,25,31)(H,28,32);4-5,15H,3,6H2,1-2H3,(H,14,16);4-5,8,13H,3H2,1-2H3,(H,15,16);4-5,8,13H,3H2,1-2H3,(H,14,15);4-5H,3H2,1-2H3,(H,14,15);2-3H,1H3. The molecule has 0 aliphatic carbocycles. The number of fused-ring (bicyclic) bond motifs is 4. The lowest BCUT2D eigenvalue weighted by Gasteiger charge is -2.36. The van der Waals surface area contributed by atoms with Gasteiger partial charge >= 0.3 is 11.7 Å². The number of pyridine rings is 1. The number of nitrogens with zero attached hydrogens (tertiary/aromatic N) is 8. The van der Waals surface area contributed by atoms with Crippen LogP contribution < -0.4 is 42.8 Å². The van der Waals surface area contributed by atoms with E-state index >= 15 is 0 Å². The van der Waals surface area contributed by atoms with Crippen LogP contribution in [0.3, 0.4) is 0 Å². The number of benzene rings is 6. The number of rotatable bonds is 15. The van der Waals surface area contributed by atoms with E-state index in [0.717, 1.165) is 132 Å². The number of carbonyl (C=O) groups is 3. The Kier molecular flexibility index (Phi) is 30.8. The van der Waals surface area contributed by atoms with Gasteiger partial charge in [0.25, 0.3) is 28.3 Å². The van der Waals surface area contributed by atoms with Crippen LogP contribution >= 0.6 is 63.7 Å². The molecule has 0 saturated carbocycles. The van der Waals surface area contributed by atoms with Gasteiger partial charge in [0.15, 0.2) is 0 Å². The Hall–Kier alpha value is -9.73. The minimum absolute atomic E-state index is 0.0284. The first-order valence-electron chi connectivity index (χ1n) is 34.6. The summed E-state index contributed by atoms with van der Waals surface area (Å²) in [6.45, 7) is 26.8. The Morgan fingerprint density at radius 1 is 0.602 bits per heavy atom. The molecule has 108 heavy (non-hydrogen) atoms. The van der Waals surface area contributed by atoms with Crippen LogP contribution in [0.2, 0.25) is 0 Å². The maximum Gasteiger partial charge on any atom is 0.326 e. The molecule has 572 valence electrons. The lowest BCUT2D eigenvalue weighted by molar-refractivity contribution is -0.388. The third-order valence-electron chi connectivity index (χ3n) is 18.3. The molecule has 0 spiro atoms. The molecule has 6 heterocycles. The molecule has 2 amide bonds. The summed E-state index contributed by atoms with van der Waals surface area (Å²) in [5, 5.41) is 50.9. The number of aryl methyl sites for hydroxylation is 7. The Bertz CT molecular complexity index is 5230. The first-order chi connectivity index (χ1) is 51.2. The van der Waals surface area contributed by atoms with Crippen LogP contribution in [-0.2, 0) is 42.0 Å². The normalized spacial score (nSPS) is 13.2. The Morgan fingerprint density at radius 2 is 1.06 bits per heavy atom. The second-order valence-electron chi connectivity index (χ2n) is 25.2. The number of carbonyl (C=O) groups excluding carboxylic acids is 2. The number of hydrogen-bond acceptors (Lipinski definition) is 19. The van der Waals surface area contributed by atoms with Crippen molar-refractivity contribution < 1.29 is 38.8 Å². The van der Waals surface area contributed by atoms with Gasteiger partial charge in [-0.3, -0.25) is 49.1 Å². The van der Waals surface area contributed by atoms with Crippen molar-refractivity contribution in [3.05, 3.63) is 233 Å². The molecule has 2 unspecified atom stereocenters. The highest BCUT2D eigenvalue weighted by Gasteiger charge is 2.28. The quantitative estimate of drug-likeness (QED) is 0.0340. The number of carboxylic acid groups (broad SMARTS) is 1. The van der Waals surface area contributed by atoms with E-state index in [-0.39, 0.29) is 52.5 Å². The number of aliphatic carboxylic acids is 1. The summed E-state index contributed by atoms with van der Waals surface area (Å²) in [6, 6.07) is 24.1. The number of carboxylic acids is 1. The molecule has 0 bridgehead atoms. The van der Waals surface area contributed by atoms with E-state index < -0.39 is 33.4 Å². The highest BCUT2D eigenvalue weighted by Crippen LogP contribution is 2.37. The number of halogens is 5. The van der Waals surface area contributed by atoms with Crippen LogP contribution in [0.4, 0.5) is 38.5 Å². The molecule has 1 fully saturated rings. The molecular weight excluding hydrogens is 1650 g/mol. The second-order valence-corrected chi connectivity index (χ2v) is 28.6. The van der Waals surface area contributed by atoms with Gasteiger partial charge in [-0.15, -0.1) is 0 Å². The number of aliphatic hydroxyl groups excluding tert-OH is 1. The number of aromatic amines is 3. The predicted octanol–water partition coefficient (Wildman–Crippen LogP) is 14.7. The number of hydrogen-bond donors (Lipinski definition) is 9. The SMILES string of the molecule is CCC(Nc1ccc(Br)c(C)c1[N+](=O)[O-])C(=O)O.CCC1Nc2ccc(Br)c(C)c2NC1=O.CCc1nc2ccc(Br)c(C)c2[nH]c1=O.CCc1nc2ccc(CN3CCN(c4ccc(C(=O)NC)nc4C)CC3)c(C)c2[nH]c1=O.CCc1nc2ccc(CO)c(C)c2[nH]c1=O.Cc1c(Br)ccc(F)c1[N+](=O)[O-]. The van der Waals surface area contributed by atoms with E-state index in [0.29, 0.717) is 74.0 Å². The molecule has 12 rings (SSSR count). The first kappa shape index (κ1) is 85.5.